The van der Waals surface area contributed by atoms with Gasteiger partial charge >= 0.3 is 0 Å². The molecular formula is C13H20N6O2. The van der Waals surface area contributed by atoms with Crippen LogP contribution in [0, 0.1) is 0 Å². The zero-order valence-electron chi connectivity index (χ0n) is 12.3. The number of carbonyl (C=O) groups is 1. The lowest BCUT2D eigenvalue weighted by Gasteiger charge is -2.06. The van der Waals surface area contributed by atoms with E-state index < -0.39 is 0 Å². The lowest BCUT2D eigenvalue weighted by atomic mass is 10.3. The van der Waals surface area contributed by atoms with Gasteiger partial charge in [0.15, 0.2) is 5.65 Å². The number of amides is 1. The molecule has 2 rings (SSSR count). The molecule has 0 radical (unpaired) electrons. The Kier molecular flexibility index (Phi) is 5.44. The van der Waals surface area contributed by atoms with Crippen LogP contribution in [-0.4, -0.2) is 52.5 Å². The summed E-state index contributed by atoms with van der Waals surface area (Å²) in [5.74, 6) is 0.644. The van der Waals surface area contributed by atoms with E-state index in [2.05, 4.69) is 32.6 Å². The molecule has 0 fully saturated rings. The monoisotopic (exact) mass is 292 g/mol. The van der Waals surface area contributed by atoms with E-state index >= 15 is 0 Å². The Morgan fingerprint density at radius 2 is 2.24 bits per heavy atom. The quantitative estimate of drug-likeness (QED) is 0.732. The van der Waals surface area contributed by atoms with Gasteiger partial charge in [-0.1, -0.05) is 6.92 Å². The van der Waals surface area contributed by atoms with Crippen LogP contribution < -0.4 is 10.6 Å². The highest BCUT2D eigenvalue weighted by Gasteiger charge is 2.09. The fourth-order valence-electron chi connectivity index (χ4n) is 1.92. The summed E-state index contributed by atoms with van der Waals surface area (Å²) in [7, 11) is 1.49. The molecule has 0 aliphatic carbocycles. The number of nitrogens with one attached hydrogen (secondary N) is 2. The number of nitrogens with zero attached hydrogens (tertiary/aromatic N) is 4. The number of hydrogen-bond donors (Lipinski definition) is 2. The molecule has 21 heavy (non-hydrogen) atoms. The molecule has 2 N–H and O–H groups in total. The number of fused-ring (bicyclic) bond motifs is 1. The van der Waals surface area contributed by atoms with E-state index in [0.29, 0.717) is 13.1 Å². The van der Waals surface area contributed by atoms with E-state index in [4.69, 9.17) is 4.74 Å². The molecular weight excluding hydrogens is 272 g/mol. The Bertz CT molecular complexity index is 597. The van der Waals surface area contributed by atoms with Crippen molar-refractivity contribution in [2.75, 3.05) is 32.1 Å². The highest BCUT2D eigenvalue weighted by molar-refractivity contribution is 5.86. The molecule has 114 valence electrons. The van der Waals surface area contributed by atoms with Gasteiger partial charge in [-0.2, -0.15) is 5.10 Å². The lowest BCUT2D eigenvalue weighted by molar-refractivity contribution is -0.124. The van der Waals surface area contributed by atoms with E-state index in [-0.39, 0.29) is 12.5 Å². The molecule has 0 aliphatic heterocycles. The third kappa shape index (κ3) is 3.88. The van der Waals surface area contributed by atoms with E-state index in [1.165, 1.54) is 13.4 Å². The summed E-state index contributed by atoms with van der Waals surface area (Å²) in [6.45, 7) is 4.03. The Hall–Kier alpha value is -2.22. The maximum absolute atomic E-state index is 11.3. The zero-order valence-corrected chi connectivity index (χ0v) is 12.3. The van der Waals surface area contributed by atoms with Crippen molar-refractivity contribution in [1.29, 1.82) is 0 Å². The van der Waals surface area contributed by atoms with E-state index in [9.17, 15) is 4.79 Å². The summed E-state index contributed by atoms with van der Waals surface area (Å²) < 4.78 is 6.50. The van der Waals surface area contributed by atoms with Gasteiger partial charge in [0.2, 0.25) is 5.91 Å². The van der Waals surface area contributed by atoms with Crippen LogP contribution in [0.25, 0.3) is 11.0 Å². The molecule has 0 aliphatic rings. The van der Waals surface area contributed by atoms with E-state index in [0.717, 1.165) is 29.8 Å². The Labute approximate surface area is 122 Å². The number of hydrogen-bond acceptors (Lipinski definition) is 6. The molecule has 0 spiro atoms. The topological polar surface area (TPSA) is 94.0 Å². The summed E-state index contributed by atoms with van der Waals surface area (Å²) in [4.78, 5) is 19.8. The zero-order chi connectivity index (χ0) is 15.1. The van der Waals surface area contributed by atoms with Crippen molar-refractivity contribution in [3.8, 4) is 0 Å². The molecule has 0 aromatic carbocycles. The van der Waals surface area contributed by atoms with Crippen molar-refractivity contribution in [1.82, 2.24) is 25.1 Å². The van der Waals surface area contributed by atoms with Crippen LogP contribution in [0.2, 0.25) is 0 Å². The normalized spacial score (nSPS) is 10.8. The van der Waals surface area contributed by atoms with Gasteiger partial charge in [0.1, 0.15) is 18.8 Å². The maximum atomic E-state index is 11.3. The van der Waals surface area contributed by atoms with Crippen LogP contribution in [0.4, 0.5) is 5.82 Å². The summed E-state index contributed by atoms with van der Waals surface area (Å²) >= 11 is 0. The number of ether oxygens (including phenoxy) is 1. The number of aromatic nitrogens is 4. The first-order chi connectivity index (χ1) is 10.3. The van der Waals surface area contributed by atoms with Crippen LogP contribution in [0.5, 0.6) is 0 Å². The van der Waals surface area contributed by atoms with Crippen molar-refractivity contribution in [3.05, 3.63) is 12.5 Å². The first-order valence-corrected chi connectivity index (χ1v) is 6.92. The van der Waals surface area contributed by atoms with E-state index in [1.54, 1.807) is 10.9 Å². The first kappa shape index (κ1) is 15.2. The minimum absolute atomic E-state index is 0.0626. The van der Waals surface area contributed by atoms with Crippen LogP contribution in [0.15, 0.2) is 12.5 Å². The SMILES string of the molecule is CCCNc1ncnc2c1cnn2CCNC(=O)COC. The van der Waals surface area contributed by atoms with Crippen LogP contribution in [0.1, 0.15) is 13.3 Å². The van der Waals surface area contributed by atoms with Crippen LogP contribution in [-0.2, 0) is 16.1 Å². The fraction of sp³-hybridized carbons (Fsp3) is 0.538. The second-order valence-electron chi connectivity index (χ2n) is 4.54. The van der Waals surface area contributed by atoms with Gasteiger partial charge in [-0.05, 0) is 6.42 Å². The average Bonchev–Trinajstić information content (AvgIpc) is 2.89. The minimum atomic E-state index is -0.145. The Morgan fingerprint density at radius 1 is 1.38 bits per heavy atom. The Morgan fingerprint density at radius 3 is 3.00 bits per heavy atom. The summed E-state index contributed by atoms with van der Waals surface area (Å²) in [6.07, 6.45) is 4.28. The lowest BCUT2D eigenvalue weighted by Crippen LogP contribution is -2.30. The van der Waals surface area contributed by atoms with Gasteiger partial charge in [-0.3, -0.25) is 4.79 Å². The first-order valence-electron chi connectivity index (χ1n) is 6.92. The molecule has 0 bridgehead atoms. The second kappa shape index (κ2) is 7.53. The molecule has 0 saturated carbocycles. The maximum Gasteiger partial charge on any atom is 0.246 e. The molecule has 2 aromatic heterocycles. The average molecular weight is 292 g/mol. The van der Waals surface area contributed by atoms with Gasteiger partial charge in [-0.15, -0.1) is 0 Å². The van der Waals surface area contributed by atoms with Gasteiger partial charge < -0.3 is 15.4 Å². The van der Waals surface area contributed by atoms with Crippen molar-refractivity contribution in [3.63, 3.8) is 0 Å². The molecule has 0 saturated heterocycles. The highest BCUT2D eigenvalue weighted by Crippen LogP contribution is 2.18. The molecule has 1 amide bonds. The number of methoxy groups -OCH3 is 1. The third-order valence-electron chi connectivity index (χ3n) is 2.90. The van der Waals surface area contributed by atoms with Gasteiger partial charge in [0.05, 0.1) is 18.1 Å². The standard InChI is InChI=1S/C13H20N6O2/c1-3-4-15-12-10-7-18-19(13(10)17-9-16-12)6-5-14-11(20)8-21-2/h7,9H,3-6,8H2,1-2H3,(H,14,20)(H,15,16,17). The van der Waals surface area contributed by atoms with E-state index in [1.807, 2.05) is 0 Å². The van der Waals surface area contributed by atoms with Crippen molar-refractivity contribution < 1.29 is 9.53 Å². The second-order valence-corrected chi connectivity index (χ2v) is 4.54. The highest BCUT2D eigenvalue weighted by atomic mass is 16.5. The molecule has 8 heteroatoms. The predicted molar refractivity (Wildman–Crippen MR) is 79.0 cm³/mol. The minimum Gasteiger partial charge on any atom is -0.375 e. The van der Waals surface area contributed by atoms with Gasteiger partial charge in [0.25, 0.3) is 0 Å². The molecule has 8 nitrogen and oxygen atoms in total. The Balaban J connectivity index is 2.02. The summed E-state index contributed by atoms with van der Waals surface area (Å²) in [5, 5.41) is 11.2. The number of carbonyl (C=O) groups excluding carboxylic acids is 1. The largest absolute Gasteiger partial charge is 0.375 e. The molecule has 0 atom stereocenters. The predicted octanol–water partition coefficient (Wildman–Crippen LogP) is 0.411. The van der Waals surface area contributed by atoms with Gasteiger partial charge in [-0.25, -0.2) is 14.6 Å². The van der Waals surface area contributed by atoms with Crippen LogP contribution >= 0.6 is 0 Å². The third-order valence-corrected chi connectivity index (χ3v) is 2.90. The molecule has 0 unspecified atom stereocenters. The number of rotatable bonds is 8. The molecule has 2 aromatic rings. The number of anilines is 1. The summed E-state index contributed by atoms with van der Waals surface area (Å²) in [6, 6.07) is 0. The smallest absolute Gasteiger partial charge is 0.246 e. The summed E-state index contributed by atoms with van der Waals surface area (Å²) in [5.41, 5.74) is 0.754. The van der Waals surface area contributed by atoms with Crippen LogP contribution in [0.3, 0.4) is 0 Å². The van der Waals surface area contributed by atoms with Crippen molar-refractivity contribution in [2.45, 2.75) is 19.9 Å². The fourth-order valence-corrected chi connectivity index (χ4v) is 1.92. The van der Waals surface area contributed by atoms with Crippen molar-refractivity contribution >= 4 is 22.8 Å². The van der Waals surface area contributed by atoms with Crippen molar-refractivity contribution in [2.24, 2.45) is 0 Å². The molecule has 2 heterocycles. The van der Waals surface area contributed by atoms with Gasteiger partial charge in [0, 0.05) is 20.2 Å².